The molecule has 1 aliphatic rings. The van der Waals surface area contributed by atoms with Gasteiger partial charge in [0.2, 0.25) is 0 Å². The molecule has 0 unspecified atom stereocenters. The van der Waals surface area contributed by atoms with Gasteiger partial charge >= 0.3 is 0 Å². The summed E-state index contributed by atoms with van der Waals surface area (Å²) in [5, 5.41) is 19.3. The first kappa shape index (κ1) is 8.17. The maximum atomic E-state index is 9.72. The predicted octanol–water partition coefficient (Wildman–Crippen LogP) is 2.06. The van der Waals surface area contributed by atoms with E-state index in [9.17, 15) is 10.2 Å². The largest absolute Gasteiger partial charge is 0.508 e. The molecule has 1 aromatic carbocycles. The first-order chi connectivity index (χ1) is 6.20. The molecule has 2 heteroatoms. The van der Waals surface area contributed by atoms with Crippen molar-refractivity contribution >= 4 is 0 Å². The van der Waals surface area contributed by atoms with Crippen LogP contribution >= 0.6 is 0 Å². The summed E-state index contributed by atoms with van der Waals surface area (Å²) in [5.74, 6) is 0.631. The van der Waals surface area contributed by atoms with Gasteiger partial charge in [0.15, 0.2) is 0 Å². The number of hydrogen-bond donors (Lipinski definition) is 2. The number of allylic oxidation sites excluding steroid dienone is 2. The number of phenolic OH excluding ortho intramolecular Hbond substituents is 2. The van der Waals surface area contributed by atoms with Gasteiger partial charge in [-0.25, -0.2) is 0 Å². The summed E-state index contributed by atoms with van der Waals surface area (Å²) in [6.07, 6.45) is 5.46. The van der Waals surface area contributed by atoms with Gasteiger partial charge in [-0.05, 0) is 31.4 Å². The first-order valence-corrected chi connectivity index (χ1v) is 4.38. The SMILES string of the molecule is Cc1cc(O)c2c(c1O)CC=CC2. The van der Waals surface area contributed by atoms with E-state index in [1.807, 2.05) is 12.2 Å². The summed E-state index contributed by atoms with van der Waals surface area (Å²) in [5.41, 5.74) is 2.48. The van der Waals surface area contributed by atoms with Crippen LogP contribution in [-0.2, 0) is 12.8 Å². The zero-order chi connectivity index (χ0) is 9.42. The standard InChI is InChI=1S/C11H12O2/c1-7-6-10(12)8-4-2-3-5-9(8)11(7)13/h2-3,6,12-13H,4-5H2,1H3. The summed E-state index contributed by atoms with van der Waals surface area (Å²) in [6.45, 7) is 1.80. The van der Waals surface area contributed by atoms with Crippen molar-refractivity contribution in [3.63, 3.8) is 0 Å². The molecule has 0 saturated heterocycles. The molecule has 0 amide bonds. The highest BCUT2D eigenvalue weighted by molar-refractivity contribution is 5.54. The molecule has 0 aromatic heterocycles. The smallest absolute Gasteiger partial charge is 0.122 e. The predicted molar refractivity (Wildman–Crippen MR) is 51.1 cm³/mol. The summed E-state index contributed by atoms with van der Waals surface area (Å²) in [6, 6.07) is 1.62. The van der Waals surface area contributed by atoms with E-state index in [4.69, 9.17) is 0 Å². The van der Waals surface area contributed by atoms with E-state index in [0.717, 1.165) is 29.5 Å². The minimum atomic E-state index is 0.301. The molecule has 0 spiro atoms. The summed E-state index contributed by atoms with van der Waals surface area (Å²) in [7, 11) is 0. The van der Waals surface area contributed by atoms with Crippen LogP contribution in [0, 0.1) is 6.92 Å². The van der Waals surface area contributed by atoms with Gasteiger partial charge in [0.05, 0.1) is 0 Å². The minimum absolute atomic E-state index is 0.301. The van der Waals surface area contributed by atoms with Crippen molar-refractivity contribution in [2.45, 2.75) is 19.8 Å². The summed E-state index contributed by atoms with van der Waals surface area (Å²) in [4.78, 5) is 0. The van der Waals surface area contributed by atoms with Crippen molar-refractivity contribution in [1.82, 2.24) is 0 Å². The topological polar surface area (TPSA) is 40.5 Å². The molecule has 1 aromatic rings. The average molecular weight is 176 g/mol. The fourth-order valence-corrected chi connectivity index (χ4v) is 1.75. The monoisotopic (exact) mass is 176 g/mol. The van der Waals surface area contributed by atoms with Gasteiger partial charge < -0.3 is 10.2 Å². The molecular weight excluding hydrogens is 164 g/mol. The van der Waals surface area contributed by atoms with Crippen LogP contribution in [0.4, 0.5) is 0 Å². The number of rotatable bonds is 0. The Morgan fingerprint density at radius 3 is 2.38 bits per heavy atom. The Labute approximate surface area is 77.1 Å². The highest BCUT2D eigenvalue weighted by atomic mass is 16.3. The van der Waals surface area contributed by atoms with Crippen molar-refractivity contribution < 1.29 is 10.2 Å². The molecular formula is C11H12O2. The number of aromatic hydroxyl groups is 2. The third-order valence-corrected chi connectivity index (χ3v) is 2.50. The van der Waals surface area contributed by atoms with E-state index >= 15 is 0 Å². The van der Waals surface area contributed by atoms with E-state index in [0.29, 0.717) is 11.5 Å². The maximum Gasteiger partial charge on any atom is 0.122 e. The lowest BCUT2D eigenvalue weighted by atomic mass is 9.93. The average Bonchev–Trinajstić information content (AvgIpc) is 2.15. The van der Waals surface area contributed by atoms with Crippen LogP contribution in [0.25, 0.3) is 0 Å². The molecule has 2 rings (SSSR count). The van der Waals surface area contributed by atoms with Crippen molar-refractivity contribution in [1.29, 1.82) is 0 Å². The van der Waals surface area contributed by atoms with E-state index in [1.165, 1.54) is 0 Å². The van der Waals surface area contributed by atoms with Gasteiger partial charge in [0.25, 0.3) is 0 Å². The van der Waals surface area contributed by atoms with Gasteiger partial charge in [0.1, 0.15) is 11.5 Å². The molecule has 2 nitrogen and oxygen atoms in total. The third kappa shape index (κ3) is 1.18. The second-order valence-corrected chi connectivity index (χ2v) is 3.40. The lowest BCUT2D eigenvalue weighted by Gasteiger charge is -2.15. The normalized spacial score (nSPS) is 14.2. The highest BCUT2D eigenvalue weighted by Gasteiger charge is 2.15. The Bertz CT molecular complexity index is 378. The molecule has 2 N–H and O–H groups in total. The fraction of sp³-hybridized carbons (Fsp3) is 0.273. The Balaban J connectivity index is 2.66. The Kier molecular flexibility index (Phi) is 1.76. The molecule has 0 fully saturated rings. The van der Waals surface area contributed by atoms with Crippen molar-refractivity contribution in [2.75, 3.05) is 0 Å². The van der Waals surface area contributed by atoms with Crippen LogP contribution in [-0.4, -0.2) is 10.2 Å². The Hall–Kier alpha value is -1.44. The number of benzene rings is 1. The maximum absolute atomic E-state index is 9.72. The number of phenols is 2. The number of hydrogen-bond acceptors (Lipinski definition) is 2. The van der Waals surface area contributed by atoms with Crippen molar-refractivity contribution in [2.24, 2.45) is 0 Å². The van der Waals surface area contributed by atoms with Gasteiger partial charge in [-0.2, -0.15) is 0 Å². The Morgan fingerprint density at radius 1 is 1.08 bits per heavy atom. The molecule has 0 atom stereocenters. The third-order valence-electron chi connectivity index (χ3n) is 2.50. The molecule has 0 bridgehead atoms. The van der Waals surface area contributed by atoms with E-state index < -0.39 is 0 Å². The summed E-state index contributed by atoms with van der Waals surface area (Å²) < 4.78 is 0. The van der Waals surface area contributed by atoms with Crippen LogP contribution in [0.5, 0.6) is 11.5 Å². The first-order valence-electron chi connectivity index (χ1n) is 4.38. The second kappa shape index (κ2) is 2.80. The highest BCUT2D eigenvalue weighted by Crippen LogP contribution is 2.35. The molecule has 13 heavy (non-hydrogen) atoms. The van der Waals surface area contributed by atoms with Crippen molar-refractivity contribution in [3.8, 4) is 11.5 Å². The van der Waals surface area contributed by atoms with Gasteiger partial charge in [-0.15, -0.1) is 0 Å². The fourth-order valence-electron chi connectivity index (χ4n) is 1.75. The van der Waals surface area contributed by atoms with Crippen LogP contribution in [0.2, 0.25) is 0 Å². The van der Waals surface area contributed by atoms with Crippen molar-refractivity contribution in [3.05, 3.63) is 34.9 Å². The molecule has 1 aliphatic carbocycles. The van der Waals surface area contributed by atoms with E-state index in [2.05, 4.69) is 0 Å². The van der Waals surface area contributed by atoms with Gasteiger partial charge in [-0.3, -0.25) is 0 Å². The van der Waals surface area contributed by atoms with E-state index in [1.54, 1.807) is 13.0 Å². The van der Waals surface area contributed by atoms with Gasteiger partial charge in [-0.1, -0.05) is 12.2 Å². The zero-order valence-corrected chi connectivity index (χ0v) is 7.54. The second-order valence-electron chi connectivity index (χ2n) is 3.40. The Morgan fingerprint density at radius 2 is 1.69 bits per heavy atom. The molecule has 68 valence electrons. The molecule has 0 aliphatic heterocycles. The molecule has 0 saturated carbocycles. The molecule has 0 radical (unpaired) electrons. The van der Waals surface area contributed by atoms with Gasteiger partial charge in [0, 0.05) is 11.1 Å². The van der Waals surface area contributed by atoms with E-state index in [-0.39, 0.29) is 0 Å². The lowest BCUT2D eigenvalue weighted by molar-refractivity contribution is 0.446. The number of fused-ring (bicyclic) bond motifs is 1. The lowest BCUT2D eigenvalue weighted by Crippen LogP contribution is -1.99. The molecule has 0 heterocycles. The quantitative estimate of drug-likeness (QED) is 0.469. The van der Waals surface area contributed by atoms with Crippen LogP contribution in [0.3, 0.4) is 0 Å². The van der Waals surface area contributed by atoms with Crippen LogP contribution < -0.4 is 0 Å². The number of aryl methyl sites for hydroxylation is 1. The zero-order valence-electron chi connectivity index (χ0n) is 7.54. The van der Waals surface area contributed by atoms with Crippen LogP contribution in [0.15, 0.2) is 18.2 Å². The minimum Gasteiger partial charge on any atom is -0.508 e. The van der Waals surface area contributed by atoms with Crippen LogP contribution in [0.1, 0.15) is 16.7 Å². The summed E-state index contributed by atoms with van der Waals surface area (Å²) >= 11 is 0.